The van der Waals surface area contributed by atoms with E-state index in [1.165, 1.54) is 6.08 Å². The summed E-state index contributed by atoms with van der Waals surface area (Å²) in [5.74, 6) is -0.157. The monoisotopic (exact) mass is 171 g/mol. The van der Waals surface area contributed by atoms with Gasteiger partial charge in [-0.15, -0.1) is 0 Å². The van der Waals surface area contributed by atoms with E-state index in [1.54, 1.807) is 6.08 Å². The first-order valence-electron chi connectivity index (χ1n) is 4.17. The normalized spacial score (nSPS) is 14.0. The zero-order valence-corrected chi connectivity index (χ0v) is 7.66. The van der Waals surface area contributed by atoms with Crippen molar-refractivity contribution < 1.29 is 9.90 Å². The van der Waals surface area contributed by atoms with Crippen LogP contribution < -0.4 is 5.73 Å². The summed E-state index contributed by atoms with van der Waals surface area (Å²) in [5.41, 5.74) is 5.46. The fraction of sp³-hybridized carbons (Fsp3) is 0.667. The van der Waals surface area contributed by atoms with Gasteiger partial charge in [-0.1, -0.05) is 19.9 Å². The van der Waals surface area contributed by atoms with Crippen molar-refractivity contribution in [3.8, 4) is 0 Å². The maximum absolute atomic E-state index is 10.2. The highest BCUT2D eigenvalue weighted by atomic mass is 16.4. The minimum absolute atomic E-state index is 0.195. The second-order valence-electron chi connectivity index (χ2n) is 3.32. The quantitative estimate of drug-likeness (QED) is 0.612. The minimum atomic E-state index is -0.905. The molecule has 12 heavy (non-hydrogen) atoms. The van der Waals surface area contributed by atoms with E-state index in [1.807, 2.05) is 0 Å². The molecule has 0 aliphatic carbocycles. The van der Waals surface area contributed by atoms with E-state index in [0.29, 0.717) is 12.5 Å². The predicted molar refractivity (Wildman–Crippen MR) is 48.8 cm³/mol. The Morgan fingerprint density at radius 1 is 1.58 bits per heavy atom. The molecule has 0 spiro atoms. The molecule has 0 heterocycles. The van der Waals surface area contributed by atoms with Crippen LogP contribution in [0, 0.1) is 11.8 Å². The third-order valence-electron chi connectivity index (χ3n) is 1.59. The summed E-state index contributed by atoms with van der Waals surface area (Å²) in [7, 11) is 0. The lowest BCUT2D eigenvalue weighted by Gasteiger charge is -2.11. The highest BCUT2D eigenvalue weighted by Crippen LogP contribution is 2.11. The van der Waals surface area contributed by atoms with Crippen molar-refractivity contribution in [2.45, 2.75) is 20.3 Å². The maximum atomic E-state index is 10.2. The second-order valence-corrected chi connectivity index (χ2v) is 3.32. The van der Waals surface area contributed by atoms with E-state index < -0.39 is 5.97 Å². The van der Waals surface area contributed by atoms with Crippen molar-refractivity contribution in [2.75, 3.05) is 6.54 Å². The van der Waals surface area contributed by atoms with E-state index in [4.69, 9.17) is 10.8 Å². The van der Waals surface area contributed by atoms with Gasteiger partial charge in [0.15, 0.2) is 0 Å². The summed E-state index contributed by atoms with van der Waals surface area (Å²) < 4.78 is 0. The molecule has 0 radical (unpaired) electrons. The van der Waals surface area contributed by atoms with Crippen molar-refractivity contribution in [3.05, 3.63) is 12.2 Å². The lowest BCUT2D eigenvalue weighted by molar-refractivity contribution is -0.131. The Balaban J connectivity index is 3.90. The summed E-state index contributed by atoms with van der Waals surface area (Å²) in [6, 6.07) is 0. The Kier molecular flexibility index (Phi) is 5.37. The van der Waals surface area contributed by atoms with Gasteiger partial charge in [0.25, 0.3) is 0 Å². The molecule has 1 atom stereocenters. The standard InChI is InChI=1S/C9H17NO2/c1-7(2)5-8(6-10)3-4-9(11)12/h3-4,7-8H,5-6,10H2,1-2H3,(H,11,12)/b4-3+/t8-/m1/s1. The average molecular weight is 171 g/mol. The lowest BCUT2D eigenvalue weighted by Crippen LogP contribution is -2.14. The maximum Gasteiger partial charge on any atom is 0.327 e. The molecule has 0 saturated heterocycles. The van der Waals surface area contributed by atoms with E-state index in [-0.39, 0.29) is 5.92 Å². The van der Waals surface area contributed by atoms with Crippen LogP contribution in [-0.2, 0) is 4.79 Å². The van der Waals surface area contributed by atoms with E-state index in [0.717, 1.165) is 6.42 Å². The van der Waals surface area contributed by atoms with Crippen LogP contribution in [0.25, 0.3) is 0 Å². The molecule has 0 aromatic heterocycles. The average Bonchev–Trinajstić information content (AvgIpc) is 1.97. The number of rotatable bonds is 5. The molecule has 70 valence electrons. The number of aliphatic carboxylic acids is 1. The van der Waals surface area contributed by atoms with Crippen LogP contribution in [0.2, 0.25) is 0 Å². The third kappa shape index (κ3) is 5.92. The zero-order valence-electron chi connectivity index (χ0n) is 7.66. The molecular weight excluding hydrogens is 154 g/mol. The summed E-state index contributed by atoms with van der Waals surface area (Å²) in [5, 5.41) is 8.36. The molecule has 0 aliphatic rings. The summed E-state index contributed by atoms with van der Waals surface area (Å²) >= 11 is 0. The molecule has 0 saturated carbocycles. The Labute approximate surface area is 73.3 Å². The van der Waals surface area contributed by atoms with Crippen LogP contribution in [0.1, 0.15) is 20.3 Å². The van der Waals surface area contributed by atoms with Gasteiger partial charge in [0.1, 0.15) is 0 Å². The number of carboxylic acids is 1. The van der Waals surface area contributed by atoms with Gasteiger partial charge in [-0.05, 0) is 24.8 Å². The van der Waals surface area contributed by atoms with Gasteiger partial charge in [0, 0.05) is 6.08 Å². The van der Waals surface area contributed by atoms with Crippen molar-refractivity contribution in [1.29, 1.82) is 0 Å². The molecular formula is C9H17NO2. The summed E-state index contributed by atoms with van der Waals surface area (Å²) in [6.07, 6.45) is 3.78. The van der Waals surface area contributed by atoms with E-state index >= 15 is 0 Å². The Morgan fingerprint density at radius 2 is 2.17 bits per heavy atom. The fourth-order valence-electron chi connectivity index (χ4n) is 1.08. The van der Waals surface area contributed by atoms with Crippen LogP contribution in [-0.4, -0.2) is 17.6 Å². The molecule has 0 unspecified atom stereocenters. The second kappa shape index (κ2) is 5.77. The van der Waals surface area contributed by atoms with Crippen molar-refractivity contribution in [2.24, 2.45) is 17.6 Å². The Morgan fingerprint density at radius 3 is 2.50 bits per heavy atom. The van der Waals surface area contributed by atoms with Gasteiger partial charge < -0.3 is 10.8 Å². The summed E-state index contributed by atoms with van der Waals surface area (Å²) in [4.78, 5) is 10.2. The first kappa shape index (κ1) is 11.2. The first-order chi connectivity index (χ1) is 5.56. The largest absolute Gasteiger partial charge is 0.478 e. The lowest BCUT2D eigenvalue weighted by atomic mass is 9.97. The molecule has 3 nitrogen and oxygen atoms in total. The molecule has 0 bridgehead atoms. The van der Waals surface area contributed by atoms with Crippen LogP contribution in [0.4, 0.5) is 0 Å². The Bertz CT molecular complexity index is 164. The van der Waals surface area contributed by atoms with Gasteiger partial charge >= 0.3 is 5.97 Å². The van der Waals surface area contributed by atoms with Gasteiger partial charge in [0.2, 0.25) is 0 Å². The van der Waals surface area contributed by atoms with E-state index in [2.05, 4.69) is 13.8 Å². The number of carbonyl (C=O) groups is 1. The Hall–Kier alpha value is -0.830. The van der Waals surface area contributed by atoms with Crippen molar-refractivity contribution >= 4 is 5.97 Å². The summed E-state index contributed by atoms with van der Waals surface area (Å²) in [6.45, 7) is 4.70. The van der Waals surface area contributed by atoms with Crippen molar-refractivity contribution in [3.63, 3.8) is 0 Å². The van der Waals surface area contributed by atoms with Gasteiger partial charge in [0.05, 0.1) is 0 Å². The fourth-order valence-corrected chi connectivity index (χ4v) is 1.08. The number of hydrogen-bond acceptors (Lipinski definition) is 2. The van der Waals surface area contributed by atoms with Gasteiger partial charge in [-0.3, -0.25) is 0 Å². The molecule has 3 heteroatoms. The molecule has 0 fully saturated rings. The molecule has 0 aliphatic heterocycles. The molecule has 0 rings (SSSR count). The number of hydrogen-bond donors (Lipinski definition) is 2. The molecule has 0 aromatic carbocycles. The highest BCUT2D eigenvalue weighted by Gasteiger charge is 2.05. The third-order valence-corrected chi connectivity index (χ3v) is 1.59. The van der Waals surface area contributed by atoms with Crippen LogP contribution >= 0.6 is 0 Å². The SMILES string of the molecule is CC(C)C[C@@H](/C=C/C(=O)O)CN. The minimum Gasteiger partial charge on any atom is -0.478 e. The van der Waals surface area contributed by atoms with Crippen LogP contribution in [0.5, 0.6) is 0 Å². The van der Waals surface area contributed by atoms with E-state index in [9.17, 15) is 4.79 Å². The van der Waals surface area contributed by atoms with Crippen LogP contribution in [0.3, 0.4) is 0 Å². The van der Waals surface area contributed by atoms with Gasteiger partial charge in [-0.2, -0.15) is 0 Å². The zero-order chi connectivity index (χ0) is 9.56. The number of nitrogens with two attached hydrogens (primary N) is 1. The molecule has 0 aromatic rings. The first-order valence-corrected chi connectivity index (χ1v) is 4.17. The van der Waals surface area contributed by atoms with Gasteiger partial charge in [-0.25, -0.2) is 4.79 Å². The number of carboxylic acid groups (broad SMARTS) is 1. The van der Waals surface area contributed by atoms with Crippen LogP contribution in [0.15, 0.2) is 12.2 Å². The molecule has 0 amide bonds. The van der Waals surface area contributed by atoms with Crippen molar-refractivity contribution in [1.82, 2.24) is 0 Å². The smallest absolute Gasteiger partial charge is 0.327 e. The molecule has 3 N–H and O–H groups in total. The topological polar surface area (TPSA) is 63.3 Å². The predicted octanol–water partition coefficient (Wildman–Crippen LogP) is 1.25. The highest BCUT2D eigenvalue weighted by molar-refractivity contribution is 5.79.